The summed E-state index contributed by atoms with van der Waals surface area (Å²) in [5.41, 5.74) is 2.77. The monoisotopic (exact) mass is 435 g/mol. The van der Waals surface area contributed by atoms with Gasteiger partial charge in [-0.05, 0) is 43.3 Å². The number of furan rings is 1. The Morgan fingerprint density at radius 1 is 1.06 bits per heavy atom. The van der Waals surface area contributed by atoms with Crippen molar-refractivity contribution in [1.82, 2.24) is 10.1 Å². The molecule has 0 saturated carbocycles. The van der Waals surface area contributed by atoms with Crippen molar-refractivity contribution in [2.75, 3.05) is 18.2 Å². The summed E-state index contributed by atoms with van der Waals surface area (Å²) < 4.78 is 16.2. The summed E-state index contributed by atoms with van der Waals surface area (Å²) in [5.74, 6) is 3.59. The Bertz CT molecular complexity index is 1150. The van der Waals surface area contributed by atoms with Gasteiger partial charge in [0.25, 0.3) is 5.89 Å². The lowest BCUT2D eigenvalue weighted by Crippen LogP contribution is -2.14. The molecule has 8 heteroatoms. The van der Waals surface area contributed by atoms with Crippen molar-refractivity contribution in [3.63, 3.8) is 0 Å². The van der Waals surface area contributed by atoms with E-state index < -0.39 is 0 Å². The van der Waals surface area contributed by atoms with E-state index in [9.17, 15) is 4.79 Å². The Labute approximate surface area is 183 Å². The summed E-state index contributed by atoms with van der Waals surface area (Å²) in [4.78, 5) is 16.5. The molecule has 2 aromatic carbocycles. The molecule has 4 aromatic rings. The summed E-state index contributed by atoms with van der Waals surface area (Å²) in [6.07, 6.45) is 0. The van der Waals surface area contributed by atoms with Crippen LogP contribution in [0.3, 0.4) is 0 Å². The van der Waals surface area contributed by atoms with Crippen LogP contribution in [0.2, 0.25) is 0 Å². The average molecular weight is 436 g/mol. The van der Waals surface area contributed by atoms with Gasteiger partial charge in [-0.1, -0.05) is 35.0 Å². The zero-order chi connectivity index (χ0) is 21.6. The molecule has 4 rings (SSSR count). The first kappa shape index (κ1) is 20.7. The fraction of sp³-hybridized carbons (Fsp3) is 0.174. The summed E-state index contributed by atoms with van der Waals surface area (Å²) in [5, 5.41) is 6.88. The fourth-order valence-corrected chi connectivity index (χ4v) is 3.55. The van der Waals surface area contributed by atoms with Crippen LogP contribution in [-0.2, 0) is 10.5 Å². The number of amides is 1. The number of hydrogen-bond donors (Lipinski definition) is 1. The van der Waals surface area contributed by atoms with Gasteiger partial charge in [0.1, 0.15) is 11.5 Å². The van der Waals surface area contributed by atoms with Gasteiger partial charge in [-0.2, -0.15) is 4.98 Å². The van der Waals surface area contributed by atoms with Gasteiger partial charge >= 0.3 is 0 Å². The predicted octanol–water partition coefficient (Wildman–Crippen LogP) is 5.19. The number of benzene rings is 2. The molecule has 0 aliphatic rings. The highest BCUT2D eigenvalue weighted by molar-refractivity contribution is 7.99. The van der Waals surface area contributed by atoms with Crippen molar-refractivity contribution < 1.29 is 18.5 Å². The van der Waals surface area contributed by atoms with Crippen LogP contribution in [0.4, 0.5) is 5.69 Å². The first-order valence-corrected chi connectivity index (χ1v) is 10.8. The minimum atomic E-state index is -0.0819. The average Bonchev–Trinajstić information content (AvgIpc) is 3.45. The number of ether oxygens (including phenoxy) is 1. The number of hydrogen-bond acceptors (Lipinski definition) is 7. The molecule has 0 aliphatic heterocycles. The molecule has 158 valence electrons. The summed E-state index contributed by atoms with van der Waals surface area (Å²) in [7, 11) is 1.60. The maximum absolute atomic E-state index is 12.1. The van der Waals surface area contributed by atoms with Crippen molar-refractivity contribution in [1.29, 1.82) is 0 Å². The summed E-state index contributed by atoms with van der Waals surface area (Å²) in [6, 6.07) is 18.7. The second-order valence-electron chi connectivity index (χ2n) is 6.82. The highest BCUT2D eigenvalue weighted by Crippen LogP contribution is 2.26. The maximum atomic E-state index is 12.1. The third-order valence-corrected chi connectivity index (χ3v) is 5.41. The van der Waals surface area contributed by atoms with E-state index in [-0.39, 0.29) is 5.91 Å². The van der Waals surface area contributed by atoms with Crippen molar-refractivity contribution in [3.05, 3.63) is 72.0 Å². The van der Waals surface area contributed by atoms with Gasteiger partial charge < -0.3 is 19.0 Å². The molecule has 2 heterocycles. The number of aryl methyl sites for hydroxylation is 1. The zero-order valence-electron chi connectivity index (χ0n) is 17.1. The van der Waals surface area contributed by atoms with Gasteiger partial charge in [-0.3, -0.25) is 4.79 Å². The van der Waals surface area contributed by atoms with E-state index in [4.69, 9.17) is 13.7 Å². The molecule has 0 radical (unpaired) electrons. The Morgan fingerprint density at radius 3 is 2.58 bits per heavy atom. The van der Waals surface area contributed by atoms with Gasteiger partial charge in [0.2, 0.25) is 11.7 Å². The van der Waals surface area contributed by atoms with E-state index in [2.05, 4.69) is 15.5 Å². The summed E-state index contributed by atoms with van der Waals surface area (Å²) in [6.45, 7) is 2.02. The number of nitrogens with one attached hydrogen (secondary N) is 1. The fourth-order valence-electron chi connectivity index (χ4n) is 2.83. The van der Waals surface area contributed by atoms with Gasteiger partial charge in [-0.15, -0.1) is 11.8 Å². The van der Waals surface area contributed by atoms with Crippen molar-refractivity contribution in [2.45, 2.75) is 12.7 Å². The molecule has 0 bridgehead atoms. The smallest absolute Gasteiger partial charge is 0.293 e. The number of methoxy groups -OCH3 is 1. The first-order valence-electron chi connectivity index (χ1n) is 9.62. The molecule has 31 heavy (non-hydrogen) atoms. The van der Waals surface area contributed by atoms with E-state index >= 15 is 0 Å². The molecule has 2 aromatic heterocycles. The van der Waals surface area contributed by atoms with E-state index in [0.717, 1.165) is 22.8 Å². The highest BCUT2D eigenvalue weighted by atomic mass is 32.2. The standard InChI is InChI=1S/C23H21N3O4S/c1-15-3-5-16(6-4-15)22-25-23(30-26-22)20-12-11-19(29-20)13-31-14-21(27)24-17-7-9-18(28-2)10-8-17/h3-12H,13-14H2,1-2H3,(H,24,27). The number of carbonyl (C=O) groups is 1. The van der Waals surface area contributed by atoms with Crippen LogP contribution < -0.4 is 10.1 Å². The van der Waals surface area contributed by atoms with Gasteiger partial charge in [0, 0.05) is 11.3 Å². The van der Waals surface area contributed by atoms with E-state index in [1.807, 2.05) is 37.3 Å². The molecular formula is C23H21N3O4S. The number of carbonyl (C=O) groups excluding carboxylic acids is 1. The maximum Gasteiger partial charge on any atom is 0.293 e. The predicted molar refractivity (Wildman–Crippen MR) is 120 cm³/mol. The minimum absolute atomic E-state index is 0.0819. The molecule has 0 unspecified atom stereocenters. The van der Waals surface area contributed by atoms with E-state index in [0.29, 0.717) is 29.0 Å². The molecule has 0 aliphatic carbocycles. The minimum Gasteiger partial charge on any atom is -0.497 e. The SMILES string of the molecule is COc1ccc(NC(=O)CSCc2ccc(-c3nc(-c4ccc(C)cc4)no3)o2)cc1. The molecule has 0 atom stereocenters. The molecule has 7 nitrogen and oxygen atoms in total. The number of anilines is 1. The number of aromatic nitrogens is 2. The van der Waals surface area contributed by atoms with Crippen LogP contribution in [-0.4, -0.2) is 28.9 Å². The van der Waals surface area contributed by atoms with Gasteiger partial charge in [0.05, 0.1) is 18.6 Å². The lowest BCUT2D eigenvalue weighted by Gasteiger charge is -2.05. The van der Waals surface area contributed by atoms with Gasteiger partial charge in [0.15, 0.2) is 5.76 Å². The second kappa shape index (κ2) is 9.53. The van der Waals surface area contributed by atoms with Crippen LogP contribution in [0.5, 0.6) is 5.75 Å². The third-order valence-electron chi connectivity index (χ3n) is 4.46. The van der Waals surface area contributed by atoms with Crippen molar-refractivity contribution in [3.8, 4) is 28.8 Å². The Hall–Kier alpha value is -3.52. The normalized spacial score (nSPS) is 10.8. The number of nitrogens with zero attached hydrogens (tertiary/aromatic N) is 2. The molecule has 1 N–H and O–H groups in total. The molecule has 0 fully saturated rings. The second-order valence-corrected chi connectivity index (χ2v) is 7.81. The quantitative estimate of drug-likeness (QED) is 0.407. The van der Waals surface area contributed by atoms with E-state index in [1.165, 1.54) is 17.3 Å². The van der Waals surface area contributed by atoms with Crippen LogP contribution in [0.1, 0.15) is 11.3 Å². The molecule has 0 saturated heterocycles. The Morgan fingerprint density at radius 2 is 1.84 bits per heavy atom. The van der Waals surface area contributed by atoms with E-state index in [1.54, 1.807) is 37.4 Å². The molecule has 1 amide bonds. The van der Waals surface area contributed by atoms with Crippen LogP contribution in [0, 0.1) is 6.92 Å². The van der Waals surface area contributed by atoms with Crippen molar-refractivity contribution >= 4 is 23.4 Å². The number of thioether (sulfide) groups is 1. The largest absolute Gasteiger partial charge is 0.497 e. The topological polar surface area (TPSA) is 90.4 Å². The lowest BCUT2D eigenvalue weighted by molar-refractivity contribution is -0.113. The third kappa shape index (κ3) is 5.35. The van der Waals surface area contributed by atoms with Crippen LogP contribution in [0.15, 0.2) is 69.6 Å². The Kier molecular flexibility index (Phi) is 6.37. The Balaban J connectivity index is 1.29. The van der Waals surface area contributed by atoms with Gasteiger partial charge in [-0.25, -0.2) is 0 Å². The highest BCUT2D eigenvalue weighted by Gasteiger charge is 2.14. The lowest BCUT2D eigenvalue weighted by atomic mass is 10.1. The zero-order valence-corrected chi connectivity index (χ0v) is 17.9. The molecular weight excluding hydrogens is 414 g/mol. The van der Waals surface area contributed by atoms with Crippen LogP contribution in [0.25, 0.3) is 23.0 Å². The first-order chi connectivity index (χ1) is 15.1. The summed E-state index contributed by atoms with van der Waals surface area (Å²) >= 11 is 1.46. The van der Waals surface area contributed by atoms with Crippen LogP contribution >= 0.6 is 11.8 Å². The molecule has 0 spiro atoms. The van der Waals surface area contributed by atoms with Crippen molar-refractivity contribution in [2.24, 2.45) is 0 Å². The number of rotatable bonds is 8.